The van der Waals surface area contributed by atoms with Gasteiger partial charge in [-0.15, -0.1) is 0 Å². The molecule has 2 aliphatic carbocycles. The van der Waals surface area contributed by atoms with E-state index in [4.69, 9.17) is 4.74 Å². The predicted molar refractivity (Wildman–Crippen MR) is 68.1 cm³/mol. The van der Waals surface area contributed by atoms with Gasteiger partial charge in [0.15, 0.2) is 9.84 Å². The Morgan fingerprint density at radius 2 is 1.94 bits per heavy atom. The highest BCUT2D eigenvalue weighted by molar-refractivity contribution is 7.94. The van der Waals surface area contributed by atoms with Crippen molar-refractivity contribution in [3.05, 3.63) is 0 Å². The topological polar surface area (TPSA) is 46.6 Å². The fourth-order valence-corrected chi connectivity index (χ4v) is 7.82. The molecule has 0 amide bonds. The number of ether oxygens (including phenoxy) is 1. The molecule has 2 saturated carbocycles. The fourth-order valence-electron chi connectivity index (χ4n) is 5.03. The lowest BCUT2D eigenvalue weighted by atomic mass is 9.81. The minimum absolute atomic E-state index is 0.293. The van der Waals surface area contributed by atoms with Gasteiger partial charge in [-0.2, -0.15) is 0 Å². The molecule has 2 aliphatic heterocycles. The van der Waals surface area contributed by atoms with E-state index in [2.05, 4.69) is 4.90 Å². The molecule has 4 unspecified atom stereocenters. The molecule has 18 heavy (non-hydrogen) atoms. The van der Waals surface area contributed by atoms with Gasteiger partial charge in [-0.3, -0.25) is 4.90 Å². The van der Waals surface area contributed by atoms with Crippen LogP contribution in [0.3, 0.4) is 0 Å². The smallest absolute Gasteiger partial charge is 0.159 e. The van der Waals surface area contributed by atoms with Gasteiger partial charge in [0.05, 0.1) is 23.7 Å². The summed E-state index contributed by atoms with van der Waals surface area (Å²) in [5, 5.41) is 0. The summed E-state index contributed by atoms with van der Waals surface area (Å²) in [5.74, 6) is 1.54. The van der Waals surface area contributed by atoms with Gasteiger partial charge in [-0.25, -0.2) is 8.42 Å². The number of fused-ring (bicyclic) bond motifs is 3. The average molecular weight is 271 g/mol. The van der Waals surface area contributed by atoms with Gasteiger partial charge < -0.3 is 4.74 Å². The van der Waals surface area contributed by atoms with Gasteiger partial charge in [-0.05, 0) is 31.1 Å². The van der Waals surface area contributed by atoms with Gasteiger partial charge in [-0.1, -0.05) is 6.42 Å². The molecule has 2 heterocycles. The third-order valence-corrected chi connectivity index (χ3v) is 8.53. The van der Waals surface area contributed by atoms with Crippen molar-refractivity contribution in [1.29, 1.82) is 0 Å². The largest absolute Gasteiger partial charge is 0.379 e. The molecular weight excluding hydrogens is 250 g/mol. The Morgan fingerprint density at radius 1 is 1.17 bits per heavy atom. The summed E-state index contributed by atoms with van der Waals surface area (Å²) in [5.41, 5.74) is 0. The second-order valence-electron chi connectivity index (χ2n) is 6.48. The van der Waals surface area contributed by atoms with Crippen molar-refractivity contribution in [1.82, 2.24) is 4.90 Å². The van der Waals surface area contributed by atoms with Crippen molar-refractivity contribution < 1.29 is 13.2 Å². The first-order valence-electron chi connectivity index (χ1n) is 7.17. The molecule has 4 atom stereocenters. The maximum atomic E-state index is 12.4. The van der Waals surface area contributed by atoms with Crippen LogP contribution >= 0.6 is 0 Å². The zero-order chi connectivity index (χ0) is 12.4. The molecule has 4 aliphatic rings. The summed E-state index contributed by atoms with van der Waals surface area (Å²) < 4.78 is 29.9. The van der Waals surface area contributed by atoms with Crippen LogP contribution in [-0.4, -0.2) is 56.2 Å². The van der Waals surface area contributed by atoms with Crippen LogP contribution in [0, 0.1) is 11.8 Å². The molecule has 4 rings (SSSR count). The number of hydrogen-bond donors (Lipinski definition) is 0. The maximum absolute atomic E-state index is 12.4. The Balaban J connectivity index is 1.65. The molecule has 1 spiro atoms. The minimum atomic E-state index is -2.83. The molecule has 0 radical (unpaired) electrons. The lowest BCUT2D eigenvalue weighted by molar-refractivity contribution is -0.000713. The van der Waals surface area contributed by atoms with Gasteiger partial charge in [0.2, 0.25) is 0 Å². The highest BCUT2D eigenvalue weighted by Gasteiger charge is 2.70. The summed E-state index contributed by atoms with van der Waals surface area (Å²) in [6.45, 7) is 3.36. The second-order valence-corrected chi connectivity index (χ2v) is 8.80. The summed E-state index contributed by atoms with van der Waals surface area (Å²) in [6, 6.07) is 0.293. The highest BCUT2D eigenvalue weighted by Crippen LogP contribution is 2.61. The van der Waals surface area contributed by atoms with Gasteiger partial charge in [0, 0.05) is 19.1 Å². The third-order valence-electron chi connectivity index (χ3n) is 5.85. The lowest BCUT2D eigenvalue weighted by Gasteiger charge is -2.56. The SMILES string of the molecule is O=S1(=O)CC(N2CCOCC2)C12CC1CCC2C1. The van der Waals surface area contributed by atoms with E-state index in [0.717, 1.165) is 39.1 Å². The Labute approximate surface area is 109 Å². The Kier molecular flexibility index (Phi) is 2.40. The van der Waals surface area contributed by atoms with E-state index in [-0.39, 0.29) is 4.75 Å². The number of hydrogen-bond acceptors (Lipinski definition) is 4. The van der Waals surface area contributed by atoms with Crippen LogP contribution in [0.5, 0.6) is 0 Å². The molecule has 5 heteroatoms. The quantitative estimate of drug-likeness (QED) is 0.703. The Hall–Kier alpha value is -0.130. The molecule has 0 aromatic heterocycles. The van der Waals surface area contributed by atoms with E-state index < -0.39 is 9.84 Å². The normalized spacial score (nSPS) is 50.6. The molecule has 0 aromatic carbocycles. The van der Waals surface area contributed by atoms with Crippen LogP contribution in [0.4, 0.5) is 0 Å². The molecule has 0 aromatic rings. The first-order valence-corrected chi connectivity index (χ1v) is 8.83. The van der Waals surface area contributed by atoms with Crippen LogP contribution in [0.1, 0.15) is 25.7 Å². The van der Waals surface area contributed by atoms with E-state index >= 15 is 0 Å². The van der Waals surface area contributed by atoms with Crippen LogP contribution in [-0.2, 0) is 14.6 Å². The number of sulfone groups is 1. The van der Waals surface area contributed by atoms with Gasteiger partial charge in [0.25, 0.3) is 0 Å². The van der Waals surface area contributed by atoms with Crippen molar-refractivity contribution in [2.45, 2.75) is 36.5 Å². The number of rotatable bonds is 1. The monoisotopic (exact) mass is 271 g/mol. The third kappa shape index (κ3) is 1.30. The van der Waals surface area contributed by atoms with Crippen molar-refractivity contribution >= 4 is 9.84 Å². The molecule has 4 fully saturated rings. The number of nitrogens with zero attached hydrogens (tertiary/aromatic N) is 1. The Morgan fingerprint density at radius 3 is 2.50 bits per heavy atom. The second kappa shape index (κ2) is 3.70. The number of morpholine rings is 1. The molecular formula is C13H21NO3S. The average Bonchev–Trinajstić information content (AvgIpc) is 2.99. The van der Waals surface area contributed by atoms with E-state index in [1.54, 1.807) is 0 Å². The minimum Gasteiger partial charge on any atom is -0.379 e. The van der Waals surface area contributed by atoms with Crippen LogP contribution in [0.15, 0.2) is 0 Å². The molecule has 2 bridgehead atoms. The van der Waals surface area contributed by atoms with Crippen molar-refractivity contribution in [3.63, 3.8) is 0 Å². The van der Waals surface area contributed by atoms with Crippen molar-refractivity contribution in [2.24, 2.45) is 11.8 Å². The summed E-state index contributed by atoms with van der Waals surface area (Å²) in [7, 11) is -2.83. The lowest BCUT2D eigenvalue weighted by Crippen LogP contribution is -2.72. The Bertz CT molecular complexity index is 457. The zero-order valence-electron chi connectivity index (χ0n) is 10.7. The van der Waals surface area contributed by atoms with Gasteiger partial charge >= 0.3 is 0 Å². The van der Waals surface area contributed by atoms with Crippen LogP contribution < -0.4 is 0 Å². The first-order chi connectivity index (χ1) is 8.63. The van der Waals surface area contributed by atoms with E-state index in [1.807, 2.05) is 0 Å². The standard InChI is InChI=1S/C13H21NO3S/c15-18(16)9-12(14-3-5-17-6-4-14)13(18)8-10-1-2-11(13)7-10/h10-12H,1-9H2. The van der Waals surface area contributed by atoms with E-state index in [9.17, 15) is 8.42 Å². The summed E-state index contributed by atoms with van der Waals surface area (Å²) in [4.78, 5) is 2.39. The first kappa shape index (κ1) is 11.7. The highest BCUT2D eigenvalue weighted by atomic mass is 32.2. The summed E-state index contributed by atoms with van der Waals surface area (Å²) >= 11 is 0. The predicted octanol–water partition coefficient (Wildman–Crippen LogP) is 0.674. The summed E-state index contributed by atoms with van der Waals surface area (Å²) in [6.07, 6.45) is 4.52. The molecule has 4 nitrogen and oxygen atoms in total. The van der Waals surface area contributed by atoms with Crippen molar-refractivity contribution in [2.75, 3.05) is 32.1 Å². The molecule has 0 N–H and O–H groups in total. The van der Waals surface area contributed by atoms with Crippen LogP contribution in [0.25, 0.3) is 0 Å². The van der Waals surface area contributed by atoms with Crippen LogP contribution in [0.2, 0.25) is 0 Å². The molecule has 2 saturated heterocycles. The van der Waals surface area contributed by atoms with Crippen molar-refractivity contribution in [3.8, 4) is 0 Å². The molecule has 102 valence electrons. The maximum Gasteiger partial charge on any atom is 0.159 e. The van der Waals surface area contributed by atoms with E-state index in [1.165, 1.54) is 12.8 Å². The van der Waals surface area contributed by atoms with Gasteiger partial charge in [0.1, 0.15) is 0 Å². The van der Waals surface area contributed by atoms with E-state index in [0.29, 0.717) is 23.6 Å². The zero-order valence-corrected chi connectivity index (χ0v) is 11.5. The fraction of sp³-hybridized carbons (Fsp3) is 1.00.